The molecule has 0 radical (unpaired) electrons. The minimum Gasteiger partial charge on any atom is -0.785 e. The highest BCUT2D eigenvalue weighted by Gasteiger charge is 2.28. The van der Waals surface area contributed by atoms with Gasteiger partial charge in [-0.15, -0.1) is 0 Å². The van der Waals surface area contributed by atoms with E-state index in [0.29, 0.717) is 112 Å². The van der Waals surface area contributed by atoms with Gasteiger partial charge in [-0.2, -0.15) is 0 Å². The fraction of sp³-hybridized carbons (Fsp3) is 0.519. The van der Waals surface area contributed by atoms with Crippen LogP contribution in [0.1, 0.15) is 68.6 Å². The van der Waals surface area contributed by atoms with Crippen molar-refractivity contribution in [2.24, 2.45) is 5.92 Å². The van der Waals surface area contributed by atoms with Gasteiger partial charge in [0.2, 0.25) is 11.8 Å². The molecule has 4 aliphatic rings. The molecule has 4 aromatic rings. The molecule has 8 rings (SSSR count). The molecule has 0 spiro atoms. The molecule has 2 saturated heterocycles. The number of hydrogen-bond donors (Lipinski definition) is 0. The average Bonchev–Trinajstić information content (AvgIpc) is 3.73. The molecule has 4 heterocycles. The van der Waals surface area contributed by atoms with E-state index in [1.165, 1.54) is 5.06 Å². The van der Waals surface area contributed by atoms with Crippen molar-refractivity contribution in [3.05, 3.63) is 82.6 Å². The van der Waals surface area contributed by atoms with Crippen LogP contribution in [0.15, 0.2) is 60.7 Å². The molecule has 2 amide bonds. The third kappa shape index (κ3) is 12.2. The third-order valence-corrected chi connectivity index (χ3v) is 13.9. The molecule has 2 fully saturated rings. The van der Waals surface area contributed by atoms with Gasteiger partial charge in [0.05, 0.1) is 47.6 Å². The van der Waals surface area contributed by atoms with Crippen LogP contribution in [-0.4, -0.2) is 144 Å². The summed E-state index contributed by atoms with van der Waals surface area (Å²) >= 11 is 0. The Kier molecular flexibility index (Phi) is 16.7. The number of methoxy groups -OCH3 is 3. The van der Waals surface area contributed by atoms with E-state index in [0.717, 1.165) is 90.8 Å². The van der Waals surface area contributed by atoms with Gasteiger partial charge in [0.15, 0.2) is 34.5 Å². The van der Waals surface area contributed by atoms with Gasteiger partial charge in [0.1, 0.15) is 19.0 Å². The van der Waals surface area contributed by atoms with Crippen molar-refractivity contribution in [1.82, 2.24) is 24.7 Å². The first-order chi connectivity index (χ1) is 33.5. The molecule has 4 aliphatic heterocycles. The second-order valence-corrected chi connectivity index (χ2v) is 18.9. The summed E-state index contributed by atoms with van der Waals surface area (Å²) in [6.45, 7) is 9.13. The number of ether oxygens (including phenoxy) is 7. The second-order valence-electron chi connectivity index (χ2n) is 18.9. The van der Waals surface area contributed by atoms with Crippen LogP contribution in [0.3, 0.4) is 0 Å². The number of amides is 2. The maximum atomic E-state index is 13.9. The number of carbonyl (C=O) groups excluding carboxylic acids is 2. The van der Waals surface area contributed by atoms with E-state index in [4.69, 9.17) is 33.2 Å². The lowest BCUT2D eigenvalue weighted by atomic mass is 9.97. The predicted molar refractivity (Wildman–Crippen MR) is 265 cm³/mol. The first kappa shape index (κ1) is 49.7. The summed E-state index contributed by atoms with van der Waals surface area (Å²) in [6, 6.07) is 19.7. The Morgan fingerprint density at radius 2 is 1.26 bits per heavy atom. The van der Waals surface area contributed by atoms with E-state index in [2.05, 4.69) is 36.0 Å². The first-order valence-corrected chi connectivity index (χ1v) is 24.6. The Balaban J connectivity index is 0.950. The van der Waals surface area contributed by atoms with E-state index in [1.807, 2.05) is 65.3 Å². The molecule has 69 heavy (non-hydrogen) atoms. The molecule has 0 saturated carbocycles. The van der Waals surface area contributed by atoms with Crippen LogP contribution in [0.2, 0.25) is 0 Å². The van der Waals surface area contributed by atoms with Crippen LogP contribution in [0.4, 0.5) is 0 Å². The van der Waals surface area contributed by atoms with Crippen LogP contribution in [0, 0.1) is 11.1 Å². The van der Waals surface area contributed by atoms with Gasteiger partial charge in [-0.1, -0.05) is 19.1 Å². The molecular weight excluding hydrogens is 879 g/mol. The summed E-state index contributed by atoms with van der Waals surface area (Å²) in [5.41, 5.74) is 6.18. The zero-order valence-corrected chi connectivity index (χ0v) is 41.4. The van der Waals surface area contributed by atoms with Crippen LogP contribution < -0.4 is 33.2 Å². The normalized spacial score (nSPS) is 18.8. The van der Waals surface area contributed by atoms with E-state index < -0.39 is 0 Å². The summed E-state index contributed by atoms with van der Waals surface area (Å²) in [7, 11) is 9.07. The third-order valence-electron chi connectivity index (χ3n) is 13.9. The van der Waals surface area contributed by atoms with E-state index in [1.54, 1.807) is 21.3 Å². The summed E-state index contributed by atoms with van der Waals surface area (Å²) in [4.78, 5) is 35.1. The summed E-state index contributed by atoms with van der Waals surface area (Å²) in [5, 5.41) is 14.9. The van der Waals surface area contributed by atoms with Gasteiger partial charge in [0.25, 0.3) is 0 Å². The summed E-state index contributed by atoms with van der Waals surface area (Å²) in [5.74, 6) is 4.91. The van der Waals surface area contributed by atoms with Gasteiger partial charge in [-0.05, 0) is 130 Å². The number of likely N-dealkylation sites (tertiary alicyclic amines) is 2. The lowest BCUT2D eigenvalue weighted by molar-refractivity contribution is -0.132. The number of hydroxylamine groups is 2. The zero-order chi connectivity index (χ0) is 48.4. The Labute approximate surface area is 407 Å². The fourth-order valence-corrected chi connectivity index (χ4v) is 10.1. The molecule has 0 aliphatic carbocycles. The number of piperidine rings is 2. The second kappa shape index (κ2) is 23.2. The molecule has 4 aromatic carbocycles. The van der Waals surface area contributed by atoms with E-state index in [-0.39, 0.29) is 30.8 Å². The number of likely N-dealkylation sites (N-methyl/N-ethyl adjacent to an activating group) is 1. The maximum absolute atomic E-state index is 13.9. The molecule has 2 atom stereocenters. The number of hydrogen-bond acceptors (Lipinski definition) is 13. The molecule has 0 unspecified atom stereocenters. The highest BCUT2D eigenvalue weighted by atomic mass is 16.5. The number of benzene rings is 4. The average molecular weight is 949 g/mol. The molecular formula is C54H70N5O10-. The van der Waals surface area contributed by atoms with Crippen molar-refractivity contribution in [2.75, 3.05) is 101 Å². The monoisotopic (exact) mass is 949 g/mol. The Bertz CT molecular complexity index is 2410. The number of rotatable bonds is 17. The van der Waals surface area contributed by atoms with Gasteiger partial charge in [-0.3, -0.25) is 9.59 Å². The van der Waals surface area contributed by atoms with Crippen molar-refractivity contribution in [2.45, 2.75) is 77.5 Å². The number of nitrogens with zero attached hydrogens (tertiary/aromatic N) is 5. The number of fused-ring (bicyclic) bond motifs is 2. The standard InChI is InChI=1S/C54H70N5O10/c1-7-51(60)57-20-23-67-53-42(32-57)25-40(26-44(53)34-59(62)45-12-9-19-56(3)35-45)38-15-17-47(49(29-38)65-6)66-22-10-13-52(61)58-21-24-68-54-43(33-58)27-41(39-14-16-46(63-4)48(28-39)64-5)30-50(54)69-36-37-11-8-18-55(2)31-37/h14-17,25-30,37,45H,7-13,18-24,31-36H2,1-6H3/q-1/t37-,45-/m0/s1. The molecule has 0 bridgehead atoms. The van der Waals surface area contributed by atoms with Crippen LogP contribution in [0.5, 0.6) is 40.2 Å². The summed E-state index contributed by atoms with van der Waals surface area (Å²) in [6.07, 6.45) is 5.28. The van der Waals surface area contributed by atoms with Crippen molar-refractivity contribution >= 4 is 11.8 Å². The maximum Gasteiger partial charge on any atom is 0.223 e. The van der Waals surface area contributed by atoms with E-state index >= 15 is 0 Å². The smallest absolute Gasteiger partial charge is 0.223 e. The quantitative estimate of drug-likeness (QED) is 0.0751. The lowest BCUT2D eigenvalue weighted by Crippen LogP contribution is -2.43. The Hall–Kier alpha value is -5.74. The van der Waals surface area contributed by atoms with Crippen molar-refractivity contribution in [3.8, 4) is 62.5 Å². The minimum absolute atomic E-state index is 0.0101. The fourth-order valence-electron chi connectivity index (χ4n) is 10.1. The Morgan fingerprint density at radius 1 is 0.667 bits per heavy atom. The summed E-state index contributed by atoms with van der Waals surface area (Å²) < 4.78 is 42.6. The first-order valence-electron chi connectivity index (χ1n) is 24.6. The van der Waals surface area contributed by atoms with Gasteiger partial charge in [0, 0.05) is 74.2 Å². The van der Waals surface area contributed by atoms with Crippen molar-refractivity contribution in [3.63, 3.8) is 0 Å². The lowest BCUT2D eigenvalue weighted by Gasteiger charge is -2.42. The van der Waals surface area contributed by atoms with Crippen molar-refractivity contribution < 1.29 is 42.7 Å². The van der Waals surface area contributed by atoms with Crippen LogP contribution >= 0.6 is 0 Å². The molecule has 372 valence electrons. The zero-order valence-electron chi connectivity index (χ0n) is 41.4. The van der Waals surface area contributed by atoms with Crippen molar-refractivity contribution in [1.29, 1.82) is 0 Å². The van der Waals surface area contributed by atoms with Gasteiger partial charge < -0.3 is 63.0 Å². The van der Waals surface area contributed by atoms with E-state index in [9.17, 15) is 14.8 Å². The molecule has 0 N–H and O–H groups in total. The largest absolute Gasteiger partial charge is 0.785 e. The van der Waals surface area contributed by atoms with Gasteiger partial charge >= 0.3 is 0 Å². The predicted octanol–water partition coefficient (Wildman–Crippen LogP) is 7.87. The Morgan fingerprint density at radius 3 is 1.93 bits per heavy atom. The highest BCUT2D eigenvalue weighted by molar-refractivity contribution is 5.78. The van der Waals surface area contributed by atoms with Gasteiger partial charge in [-0.25, -0.2) is 0 Å². The SMILES string of the molecule is CCC(=O)N1CCOc2c(cc(-c3ccc(OCCCC(=O)N4CCOc5c(cc(-c6ccc(OC)c(OC)c6)cc5OC[C@H]5CCCN(C)C5)C4)c(OC)c3)cc2CN([O-])[C@H]2CCCN(C)C2)C1. The topological polar surface area (TPSA) is 138 Å². The number of carbonyl (C=O) groups is 2. The molecule has 0 aromatic heterocycles. The minimum atomic E-state index is -0.106. The highest BCUT2D eigenvalue weighted by Crippen LogP contribution is 2.42. The van der Waals surface area contributed by atoms with Crippen LogP contribution in [-0.2, 0) is 29.2 Å². The molecule has 15 heteroatoms. The van der Waals surface area contributed by atoms with Crippen LogP contribution in [0.25, 0.3) is 22.3 Å². The molecule has 15 nitrogen and oxygen atoms in total.